The van der Waals surface area contributed by atoms with E-state index in [2.05, 4.69) is 48.5 Å². The van der Waals surface area contributed by atoms with Crippen LogP contribution in [0.5, 0.6) is 0 Å². The van der Waals surface area contributed by atoms with Crippen LogP contribution in [0.25, 0.3) is 0 Å². The molecule has 0 amide bonds. The fraction of sp³-hybridized carbons (Fsp3) is 0.200. The average molecular weight is 211 g/mol. The summed E-state index contributed by atoms with van der Waals surface area (Å²) < 4.78 is 0. The summed E-state index contributed by atoms with van der Waals surface area (Å²) in [5.74, 6) is 0.420. The average Bonchev–Trinajstić information content (AvgIpc) is 2.38. The van der Waals surface area contributed by atoms with Gasteiger partial charge in [0.15, 0.2) is 0 Å². The summed E-state index contributed by atoms with van der Waals surface area (Å²) in [7, 11) is 0. The summed E-state index contributed by atoms with van der Waals surface area (Å²) in [5.41, 5.74) is 8.53. The molecule has 0 aliphatic carbocycles. The van der Waals surface area contributed by atoms with E-state index < -0.39 is 0 Å². The lowest BCUT2D eigenvalue weighted by Gasteiger charge is -2.15. The highest BCUT2D eigenvalue weighted by Crippen LogP contribution is 2.19. The third-order valence-corrected chi connectivity index (χ3v) is 2.88. The Kier molecular flexibility index (Phi) is 3.73. The molecule has 0 radical (unpaired) electrons. The summed E-state index contributed by atoms with van der Waals surface area (Å²) in [6.07, 6.45) is 1.02. The van der Waals surface area contributed by atoms with Crippen LogP contribution >= 0.6 is 0 Å². The molecular formula is C15H17N. The molecule has 0 saturated carbocycles. The van der Waals surface area contributed by atoms with E-state index >= 15 is 0 Å². The van der Waals surface area contributed by atoms with Gasteiger partial charge in [0.05, 0.1) is 0 Å². The Balaban J connectivity index is 2.13. The third-order valence-electron chi connectivity index (χ3n) is 2.88. The molecule has 0 aromatic heterocycles. The van der Waals surface area contributed by atoms with Crippen LogP contribution in [0.4, 0.5) is 0 Å². The van der Waals surface area contributed by atoms with E-state index in [0.29, 0.717) is 12.5 Å². The van der Waals surface area contributed by atoms with Gasteiger partial charge in [0, 0.05) is 5.92 Å². The fourth-order valence-corrected chi connectivity index (χ4v) is 1.96. The predicted octanol–water partition coefficient (Wildman–Crippen LogP) is 2.97. The van der Waals surface area contributed by atoms with Crippen molar-refractivity contribution in [3.8, 4) is 0 Å². The Morgan fingerprint density at radius 2 is 1.38 bits per heavy atom. The largest absolute Gasteiger partial charge is 0.330 e. The molecule has 82 valence electrons. The van der Waals surface area contributed by atoms with E-state index in [1.807, 2.05) is 12.1 Å². The van der Waals surface area contributed by atoms with Gasteiger partial charge < -0.3 is 5.73 Å². The van der Waals surface area contributed by atoms with Crippen LogP contribution in [-0.2, 0) is 6.42 Å². The molecule has 0 saturated heterocycles. The zero-order valence-electron chi connectivity index (χ0n) is 9.34. The van der Waals surface area contributed by atoms with Gasteiger partial charge in [-0.3, -0.25) is 0 Å². The maximum Gasteiger partial charge on any atom is 0.000157 e. The normalized spacial score (nSPS) is 12.3. The summed E-state index contributed by atoms with van der Waals surface area (Å²) in [5, 5.41) is 0. The molecule has 0 aliphatic heterocycles. The first-order valence-corrected chi connectivity index (χ1v) is 5.69. The van der Waals surface area contributed by atoms with Gasteiger partial charge in [-0.15, -0.1) is 0 Å². The minimum absolute atomic E-state index is 0.420. The minimum atomic E-state index is 0.420. The molecular weight excluding hydrogens is 194 g/mol. The zero-order chi connectivity index (χ0) is 11.2. The molecule has 2 N–H and O–H groups in total. The van der Waals surface area contributed by atoms with Gasteiger partial charge in [0.1, 0.15) is 0 Å². The molecule has 0 spiro atoms. The Bertz CT molecular complexity index is 408. The van der Waals surface area contributed by atoms with Gasteiger partial charge in [-0.25, -0.2) is 0 Å². The standard InChI is InChI=1S/C15H17N/c16-12-15(14-9-5-2-6-10-14)11-13-7-3-1-4-8-13/h1-10,15H,11-12,16H2/t15-/m1/s1. The molecule has 0 bridgehead atoms. The molecule has 0 unspecified atom stereocenters. The van der Waals surface area contributed by atoms with Crippen LogP contribution in [-0.4, -0.2) is 6.54 Å². The monoisotopic (exact) mass is 211 g/mol. The second-order valence-electron chi connectivity index (χ2n) is 4.03. The van der Waals surface area contributed by atoms with Gasteiger partial charge >= 0.3 is 0 Å². The summed E-state index contributed by atoms with van der Waals surface area (Å²) >= 11 is 0. The summed E-state index contributed by atoms with van der Waals surface area (Å²) in [6, 6.07) is 21.0. The van der Waals surface area contributed by atoms with Gasteiger partial charge in [0.2, 0.25) is 0 Å². The smallest absolute Gasteiger partial charge is 0.000157 e. The predicted molar refractivity (Wildman–Crippen MR) is 68.4 cm³/mol. The first kappa shape index (κ1) is 10.9. The van der Waals surface area contributed by atoms with Gasteiger partial charge in [0.25, 0.3) is 0 Å². The molecule has 2 aromatic carbocycles. The van der Waals surface area contributed by atoms with Crippen molar-refractivity contribution in [2.24, 2.45) is 5.73 Å². The molecule has 1 atom stereocenters. The topological polar surface area (TPSA) is 26.0 Å². The van der Waals surface area contributed by atoms with Gasteiger partial charge in [-0.05, 0) is 24.1 Å². The van der Waals surface area contributed by atoms with Crippen LogP contribution in [0, 0.1) is 0 Å². The van der Waals surface area contributed by atoms with Crippen LogP contribution < -0.4 is 5.73 Å². The number of rotatable bonds is 4. The van der Waals surface area contributed by atoms with Crippen molar-refractivity contribution in [3.63, 3.8) is 0 Å². The number of hydrogen-bond donors (Lipinski definition) is 1. The van der Waals surface area contributed by atoms with E-state index in [4.69, 9.17) is 5.73 Å². The van der Waals surface area contributed by atoms with E-state index in [1.54, 1.807) is 0 Å². The molecule has 0 aliphatic rings. The van der Waals surface area contributed by atoms with Crippen molar-refractivity contribution in [1.82, 2.24) is 0 Å². The molecule has 0 heterocycles. The van der Waals surface area contributed by atoms with Crippen molar-refractivity contribution in [1.29, 1.82) is 0 Å². The molecule has 0 fully saturated rings. The van der Waals surface area contributed by atoms with Crippen LogP contribution in [0.2, 0.25) is 0 Å². The van der Waals surface area contributed by atoms with Crippen molar-refractivity contribution < 1.29 is 0 Å². The lowest BCUT2D eigenvalue weighted by molar-refractivity contribution is 0.694. The van der Waals surface area contributed by atoms with Crippen molar-refractivity contribution in [2.45, 2.75) is 12.3 Å². The van der Waals surface area contributed by atoms with Gasteiger partial charge in [-0.2, -0.15) is 0 Å². The minimum Gasteiger partial charge on any atom is -0.330 e. The fourth-order valence-electron chi connectivity index (χ4n) is 1.96. The van der Waals surface area contributed by atoms with Crippen LogP contribution in [0.3, 0.4) is 0 Å². The highest BCUT2D eigenvalue weighted by Gasteiger charge is 2.09. The molecule has 2 rings (SSSR count). The number of benzene rings is 2. The first-order chi connectivity index (χ1) is 7.90. The summed E-state index contributed by atoms with van der Waals surface area (Å²) in [4.78, 5) is 0. The van der Waals surface area contributed by atoms with E-state index in [9.17, 15) is 0 Å². The van der Waals surface area contributed by atoms with Crippen molar-refractivity contribution in [2.75, 3.05) is 6.54 Å². The number of nitrogens with two attached hydrogens (primary N) is 1. The Hall–Kier alpha value is -1.60. The Morgan fingerprint density at radius 3 is 1.94 bits per heavy atom. The number of hydrogen-bond acceptors (Lipinski definition) is 1. The van der Waals surface area contributed by atoms with E-state index in [0.717, 1.165) is 6.42 Å². The Morgan fingerprint density at radius 1 is 0.812 bits per heavy atom. The maximum atomic E-state index is 5.85. The highest BCUT2D eigenvalue weighted by atomic mass is 14.5. The van der Waals surface area contributed by atoms with Gasteiger partial charge in [-0.1, -0.05) is 60.7 Å². The highest BCUT2D eigenvalue weighted by molar-refractivity contribution is 5.24. The second-order valence-corrected chi connectivity index (χ2v) is 4.03. The van der Waals surface area contributed by atoms with Crippen LogP contribution in [0.1, 0.15) is 17.0 Å². The summed E-state index contributed by atoms with van der Waals surface area (Å²) in [6.45, 7) is 0.693. The first-order valence-electron chi connectivity index (χ1n) is 5.69. The molecule has 16 heavy (non-hydrogen) atoms. The lowest BCUT2D eigenvalue weighted by Crippen LogP contribution is -2.14. The molecule has 1 nitrogen and oxygen atoms in total. The van der Waals surface area contributed by atoms with Crippen LogP contribution in [0.15, 0.2) is 60.7 Å². The molecule has 1 heteroatoms. The lowest BCUT2D eigenvalue weighted by atomic mass is 9.92. The third kappa shape index (κ3) is 2.71. The SMILES string of the molecule is NC[C@@H](Cc1ccccc1)c1ccccc1. The zero-order valence-corrected chi connectivity index (χ0v) is 9.34. The molecule has 2 aromatic rings. The maximum absolute atomic E-state index is 5.85. The van der Waals surface area contributed by atoms with E-state index in [-0.39, 0.29) is 0 Å². The van der Waals surface area contributed by atoms with Crippen molar-refractivity contribution >= 4 is 0 Å². The quantitative estimate of drug-likeness (QED) is 0.826. The Labute approximate surface area is 96.9 Å². The second kappa shape index (κ2) is 5.47. The van der Waals surface area contributed by atoms with Crippen molar-refractivity contribution in [3.05, 3.63) is 71.8 Å². The van der Waals surface area contributed by atoms with E-state index in [1.165, 1.54) is 11.1 Å².